The summed E-state index contributed by atoms with van der Waals surface area (Å²) in [5.41, 5.74) is 2.65. The van der Waals surface area contributed by atoms with Crippen LogP contribution in [0.1, 0.15) is 45.1 Å². The number of hydrogen-bond donors (Lipinski definition) is 3. The molecule has 2 aromatic carbocycles. The summed E-state index contributed by atoms with van der Waals surface area (Å²) in [6, 6.07) is 17.2. The van der Waals surface area contributed by atoms with Crippen LogP contribution < -0.4 is 11.1 Å². The summed E-state index contributed by atoms with van der Waals surface area (Å²) in [6.45, 7) is 4.81. The summed E-state index contributed by atoms with van der Waals surface area (Å²) in [6.07, 6.45) is 4.59. The Labute approximate surface area is 241 Å². The fourth-order valence-corrected chi connectivity index (χ4v) is 5.79. The molecule has 1 aliphatic carbocycles. The third-order valence-corrected chi connectivity index (χ3v) is 8.28. The van der Waals surface area contributed by atoms with E-state index < -0.39 is 11.3 Å². The van der Waals surface area contributed by atoms with Crippen LogP contribution in [0.5, 0.6) is 0 Å². The van der Waals surface area contributed by atoms with Crippen molar-refractivity contribution in [3.8, 4) is 22.9 Å². The summed E-state index contributed by atoms with van der Waals surface area (Å²) in [5, 5.41) is 18.5. The van der Waals surface area contributed by atoms with Crippen LogP contribution in [0.15, 0.2) is 63.9 Å². The van der Waals surface area contributed by atoms with E-state index in [9.17, 15) is 9.90 Å². The number of nitrogens with zero attached hydrogens (tertiary/aromatic N) is 5. The number of aromatic amines is 1. The molecule has 0 radical (unpaired) electrons. The Kier molecular flexibility index (Phi) is 7.35. The molecule has 5 aromatic rings. The number of H-pyrrole nitrogens is 1. The van der Waals surface area contributed by atoms with Crippen molar-refractivity contribution in [3.63, 3.8) is 0 Å². The Morgan fingerprint density at radius 3 is 2.56 bits per heavy atom. The lowest BCUT2D eigenvalue weighted by atomic mass is 9.83. The second kappa shape index (κ2) is 11.1. The Morgan fingerprint density at radius 2 is 1.88 bits per heavy atom. The monoisotopic (exact) mass is 573 g/mol. The van der Waals surface area contributed by atoms with E-state index >= 15 is 0 Å². The van der Waals surface area contributed by atoms with E-state index in [1.807, 2.05) is 55.5 Å². The third-order valence-electron chi connectivity index (χ3n) is 8.04. The van der Waals surface area contributed by atoms with Gasteiger partial charge < -0.3 is 15.0 Å². The molecule has 6 rings (SSSR count). The highest BCUT2D eigenvalue weighted by molar-refractivity contribution is 6.30. The maximum absolute atomic E-state index is 11.7. The van der Waals surface area contributed by atoms with Gasteiger partial charge in [0.05, 0.1) is 12.1 Å². The average Bonchev–Trinajstić information content (AvgIpc) is 3.57. The highest BCUT2D eigenvalue weighted by atomic mass is 35.5. The first-order valence-corrected chi connectivity index (χ1v) is 14.3. The van der Waals surface area contributed by atoms with Crippen molar-refractivity contribution < 1.29 is 9.63 Å². The lowest BCUT2D eigenvalue weighted by molar-refractivity contribution is 0.222. The minimum Gasteiger partial charge on any atom is -0.394 e. The molecule has 10 nitrogen and oxygen atoms in total. The van der Waals surface area contributed by atoms with Crippen LogP contribution in [0.3, 0.4) is 0 Å². The molecule has 1 atom stereocenters. The van der Waals surface area contributed by atoms with Crippen molar-refractivity contribution in [1.29, 1.82) is 0 Å². The zero-order valence-electron chi connectivity index (χ0n) is 23.0. The first-order valence-electron chi connectivity index (χ1n) is 13.9. The van der Waals surface area contributed by atoms with Crippen LogP contribution in [0.25, 0.3) is 34.1 Å². The number of halogens is 1. The molecule has 1 aliphatic rings. The summed E-state index contributed by atoms with van der Waals surface area (Å²) in [4.78, 5) is 28.8. The largest absolute Gasteiger partial charge is 0.439 e. The standard InChI is InChI=1S/C30H32ClN7O3/c1-18-11-13-19(14-12-18)16-38-24-23(20-7-6-10-22(31)15-20)32-26(27-35-29(40)41-37-27)33-25(24)34-28(38)36-30(2,17-39)21-8-4-3-5-9-21/h3-10,15,18-19,39H,11-14,16-17H2,1-2H3,(H,35,37,40)(H,32,33,34,36)/t18?,19?,30-/m0/s1. The number of aliphatic hydroxyl groups excluding tert-OH is 1. The summed E-state index contributed by atoms with van der Waals surface area (Å²) >= 11 is 6.41. The van der Waals surface area contributed by atoms with Crippen molar-refractivity contribution in [2.24, 2.45) is 11.8 Å². The average molecular weight is 574 g/mol. The molecular formula is C30H32ClN7O3. The van der Waals surface area contributed by atoms with Gasteiger partial charge in [-0.05, 0) is 49.3 Å². The van der Waals surface area contributed by atoms with E-state index in [0.29, 0.717) is 34.8 Å². The van der Waals surface area contributed by atoms with E-state index in [4.69, 9.17) is 31.1 Å². The van der Waals surface area contributed by atoms with Crippen LogP contribution in [-0.2, 0) is 12.1 Å². The van der Waals surface area contributed by atoms with Gasteiger partial charge in [-0.3, -0.25) is 9.51 Å². The quantitative estimate of drug-likeness (QED) is 0.217. The highest BCUT2D eigenvalue weighted by Crippen LogP contribution is 2.37. The molecule has 3 N–H and O–H groups in total. The number of fused-ring (bicyclic) bond motifs is 1. The molecule has 1 saturated carbocycles. The SMILES string of the molecule is CC1CCC(Cn2c(N[C@@](C)(CO)c3ccccc3)nc3nc(-c4noc(=O)[nH]4)nc(-c4cccc(Cl)c4)c32)CC1. The van der Waals surface area contributed by atoms with Crippen molar-refractivity contribution in [3.05, 3.63) is 75.7 Å². The van der Waals surface area contributed by atoms with Gasteiger partial charge in [0, 0.05) is 17.1 Å². The van der Waals surface area contributed by atoms with E-state index in [1.54, 1.807) is 6.07 Å². The highest BCUT2D eigenvalue weighted by Gasteiger charge is 2.31. The lowest BCUT2D eigenvalue weighted by Gasteiger charge is -2.31. The van der Waals surface area contributed by atoms with E-state index in [1.165, 1.54) is 12.8 Å². The van der Waals surface area contributed by atoms with Crippen LogP contribution in [0.2, 0.25) is 5.02 Å². The van der Waals surface area contributed by atoms with Gasteiger partial charge in [-0.2, -0.15) is 4.98 Å². The maximum Gasteiger partial charge on any atom is 0.439 e. The minimum absolute atomic E-state index is 0.106. The molecule has 1 fully saturated rings. The molecule has 212 valence electrons. The zero-order valence-corrected chi connectivity index (χ0v) is 23.7. The predicted molar refractivity (Wildman–Crippen MR) is 158 cm³/mol. The van der Waals surface area contributed by atoms with Gasteiger partial charge in [-0.15, -0.1) is 0 Å². The first kappa shape index (κ1) is 27.2. The molecule has 41 heavy (non-hydrogen) atoms. The Bertz CT molecular complexity index is 1720. The number of imidazole rings is 1. The number of aliphatic hydroxyl groups is 1. The topological polar surface area (TPSA) is 135 Å². The molecule has 11 heteroatoms. The number of anilines is 1. The molecule has 0 amide bonds. The number of hydrogen-bond acceptors (Lipinski definition) is 8. The molecule has 0 saturated heterocycles. The van der Waals surface area contributed by atoms with Gasteiger partial charge in [-0.1, -0.05) is 79.0 Å². The number of aromatic nitrogens is 6. The van der Waals surface area contributed by atoms with Gasteiger partial charge >= 0.3 is 5.76 Å². The minimum atomic E-state index is -0.814. The number of nitrogens with one attached hydrogen (secondary N) is 2. The van der Waals surface area contributed by atoms with Gasteiger partial charge in [-0.25, -0.2) is 14.8 Å². The predicted octanol–water partition coefficient (Wildman–Crippen LogP) is 5.64. The van der Waals surface area contributed by atoms with Gasteiger partial charge in [0.25, 0.3) is 0 Å². The van der Waals surface area contributed by atoms with Crippen molar-refractivity contribution in [2.75, 3.05) is 11.9 Å². The first-order chi connectivity index (χ1) is 19.8. The normalized spacial score (nSPS) is 18.8. The lowest BCUT2D eigenvalue weighted by Crippen LogP contribution is -2.37. The van der Waals surface area contributed by atoms with Crippen LogP contribution in [-0.4, -0.2) is 41.4 Å². The van der Waals surface area contributed by atoms with Crippen LogP contribution >= 0.6 is 11.6 Å². The zero-order chi connectivity index (χ0) is 28.6. The van der Waals surface area contributed by atoms with Gasteiger partial charge in [0.1, 0.15) is 11.2 Å². The van der Waals surface area contributed by atoms with E-state index in [2.05, 4.69) is 26.9 Å². The molecule has 3 aromatic heterocycles. The van der Waals surface area contributed by atoms with Crippen molar-refractivity contribution in [1.82, 2.24) is 29.7 Å². The third kappa shape index (κ3) is 5.49. The molecular weight excluding hydrogens is 542 g/mol. The Morgan fingerprint density at radius 1 is 1.10 bits per heavy atom. The van der Waals surface area contributed by atoms with Crippen LogP contribution in [0.4, 0.5) is 5.95 Å². The van der Waals surface area contributed by atoms with Crippen molar-refractivity contribution in [2.45, 2.75) is 51.6 Å². The van der Waals surface area contributed by atoms with Crippen LogP contribution in [0, 0.1) is 11.8 Å². The second-order valence-electron chi connectivity index (χ2n) is 11.2. The van der Waals surface area contributed by atoms with E-state index in [0.717, 1.165) is 35.4 Å². The number of rotatable bonds is 8. The molecule has 0 aliphatic heterocycles. The summed E-state index contributed by atoms with van der Waals surface area (Å²) in [5.74, 6) is 1.32. The smallest absolute Gasteiger partial charge is 0.394 e. The Balaban J connectivity index is 1.57. The second-order valence-corrected chi connectivity index (χ2v) is 11.6. The fourth-order valence-electron chi connectivity index (χ4n) is 5.60. The molecule has 0 spiro atoms. The molecule has 0 bridgehead atoms. The van der Waals surface area contributed by atoms with Gasteiger partial charge in [0.2, 0.25) is 17.6 Å². The van der Waals surface area contributed by atoms with Gasteiger partial charge in [0.15, 0.2) is 5.65 Å². The maximum atomic E-state index is 11.7. The molecule has 3 heterocycles. The van der Waals surface area contributed by atoms with Crippen molar-refractivity contribution >= 4 is 28.7 Å². The van der Waals surface area contributed by atoms with E-state index in [-0.39, 0.29) is 18.3 Å². The Hall–Kier alpha value is -4.02. The summed E-state index contributed by atoms with van der Waals surface area (Å²) in [7, 11) is 0. The fraction of sp³-hybridized carbons (Fsp3) is 0.367. The number of benzene rings is 2. The molecule has 0 unspecified atom stereocenters. The summed E-state index contributed by atoms with van der Waals surface area (Å²) < 4.78 is 6.87.